The molecule has 1 N–H and O–H groups in total. The lowest BCUT2D eigenvalue weighted by atomic mass is 9.61. The second kappa shape index (κ2) is 6.78. The third-order valence-electron chi connectivity index (χ3n) is 4.78. The number of carbonyl (C=O) groups excluding carboxylic acids is 1. The lowest BCUT2D eigenvalue weighted by Gasteiger charge is -2.49. The Labute approximate surface area is 148 Å². The van der Waals surface area contributed by atoms with Gasteiger partial charge < -0.3 is 10.1 Å². The van der Waals surface area contributed by atoms with Gasteiger partial charge in [-0.2, -0.15) is 0 Å². The Morgan fingerprint density at radius 1 is 1.17 bits per heavy atom. The van der Waals surface area contributed by atoms with E-state index in [1.165, 1.54) is 11.1 Å². The number of hydrogen-bond acceptors (Lipinski definition) is 2. The van der Waals surface area contributed by atoms with Crippen molar-refractivity contribution >= 4 is 6.09 Å². The first-order chi connectivity index (χ1) is 10.4. The van der Waals surface area contributed by atoms with E-state index in [0.29, 0.717) is 5.92 Å². The molecule has 0 aromatic heterocycles. The number of alkyl carbamates (subject to hydrolysis) is 1. The molecule has 1 aliphatic rings. The fourth-order valence-corrected chi connectivity index (χ4v) is 3.99. The van der Waals surface area contributed by atoms with Gasteiger partial charge in [-0.25, -0.2) is 4.79 Å². The van der Waals surface area contributed by atoms with Gasteiger partial charge in [-0.1, -0.05) is 52.5 Å². The summed E-state index contributed by atoms with van der Waals surface area (Å²) < 4.78 is 5.53. The molecular formula is C21H35NO2. The molecule has 1 aromatic carbocycles. The number of rotatable bonds is 1. The van der Waals surface area contributed by atoms with Crippen LogP contribution in [0.3, 0.4) is 0 Å². The molecule has 0 radical (unpaired) electrons. The van der Waals surface area contributed by atoms with Crippen LogP contribution in [0.4, 0.5) is 4.79 Å². The third kappa shape index (κ3) is 4.31. The summed E-state index contributed by atoms with van der Waals surface area (Å²) in [6.45, 7) is 14.6. The molecule has 1 aromatic rings. The van der Waals surface area contributed by atoms with Gasteiger partial charge in [-0.05, 0) is 63.0 Å². The van der Waals surface area contributed by atoms with Crippen molar-refractivity contribution in [2.24, 2.45) is 11.3 Å². The van der Waals surface area contributed by atoms with E-state index in [9.17, 15) is 4.79 Å². The normalized spacial score (nSPS) is 23.7. The van der Waals surface area contributed by atoms with Crippen molar-refractivity contribution in [3.05, 3.63) is 35.4 Å². The second-order valence-corrected chi connectivity index (χ2v) is 8.94. The summed E-state index contributed by atoms with van der Waals surface area (Å²) in [6.07, 6.45) is 1.78. The minimum Gasteiger partial charge on any atom is -0.444 e. The van der Waals surface area contributed by atoms with Gasteiger partial charge in [0.25, 0.3) is 0 Å². The first-order valence-electron chi connectivity index (χ1n) is 8.53. The maximum absolute atomic E-state index is 12.5. The highest BCUT2D eigenvalue weighted by atomic mass is 16.6. The molecule has 136 valence electrons. The van der Waals surface area contributed by atoms with Crippen LogP contribution >= 0.6 is 0 Å². The Morgan fingerprint density at radius 2 is 1.75 bits per heavy atom. The summed E-state index contributed by atoms with van der Waals surface area (Å²) in [5.41, 5.74) is 1.72. The molecule has 2 unspecified atom stereocenters. The molecule has 3 heteroatoms. The van der Waals surface area contributed by atoms with E-state index in [4.69, 9.17) is 4.74 Å². The van der Waals surface area contributed by atoms with Gasteiger partial charge in [-0.15, -0.1) is 0 Å². The maximum atomic E-state index is 12.5. The first kappa shape index (κ1) is 20.5. The number of aryl methyl sites for hydroxylation is 1. The second-order valence-electron chi connectivity index (χ2n) is 8.94. The standard InChI is InChI=1S/C20H31NO2.CH4/c1-18(2,3)16-13-12-14-10-8-9-11-15(14)20(16,7)21-17(22)23-19(4,5)6;/h8-11,16H,12-13H2,1-7H3,(H,21,22);1H4. The lowest BCUT2D eigenvalue weighted by Crippen LogP contribution is -2.55. The molecule has 2 rings (SSSR count). The molecule has 3 nitrogen and oxygen atoms in total. The van der Waals surface area contributed by atoms with Crippen LogP contribution in [-0.2, 0) is 16.7 Å². The van der Waals surface area contributed by atoms with Crippen molar-refractivity contribution in [3.63, 3.8) is 0 Å². The van der Waals surface area contributed by atoms with Crippen LogP contribution in [0.15, 0.2) is 24.3 Å². The van der Waals surface area contributed by atoms with Crippen molar-refractivity contribution in [2.75, 3.05) is 0 Å². The smallest absolute Gasteiger partial charge is 0.408 e. The van der Waals surface area contributed by atoms with E-state index in [1.54, 1.807) is 0 Å². The van der Waals surface area contributed by atoms with Crippen LogP contribution in [0, 0.1) is 11.3 Å². The molecule has 0 bridgehead atoms. The number of ether oxygens (including phenoxy) is 1. The summed E-state index contributed by atoms with van der Waals surface area (Å²) in [4.78, 5) is 12.5. The van der Waals surface area contributed by atoms with Crippen molar-refractivity contribution in [3.8, 4) is 0 Å². The Balaban J connectivity index is 0.00000288. The van der Waals surface area contributed by atoms with Crippen molar-refractivity contribution < 1.29 is 9.53 Å². The average Bonchev–Trinajstić information content (AvgIpc) is 2.34. The van der Waals surface area contributed by atoms with Gasteiger partial charge in [0.1, 0.15) is 5.60 Å². The van der Waals surface area contributed by atoms with E-state index in [0.717, 1.165) is 12.8 Å². The van der Waals surface area contributed by atoms with Crippen LogP contribution in [0.1, 0.15) is 73.4 Å². The Kier molecular flexibility index (Phi) is 5.80. The SMILES string of the molecule is C.CC(C)(C)OC(=O)NC1(C)c2ccccc2CCC1C(C)(C)C. The van der Waals surface area contributed by atoms with Crippen LogP contribution in [0.25, 0.3) is 0 Å². The number of benzene rings is 1. The molecule has 0 fully saturated rings. The summed E-state index contributed by atoms with van der Waals surface area (Å²) in [7, 11) is 0. The predicted molar refractivity (Wildman–Crippen MR) is 101 cm³/mol. The average molecular weight is 334 g/mol. The Bertz CT molecular complexity index is 580. The lowest BCUT2D eigenvalue weighted by molar-refractivity contribution is 0.0284. The molecule has 24 heavy (non-hydrogen) atoms. The Hall–Kier alpha value is -1.51. The van der Waals surface area contributed by atoms with Gasteiger partial charge in [0.15, 0.2) is 0 Å². The largest absolute Gasteiger partial charge is 0.444 e. The van der Waals surface area contributed by atoms with Crippen LogP contribution in [0.5, 0.6) is 0 Å². The van der Waals surface area contributed by atoms with Gasteiger partial charge >= 0.3 is 6.09 Å². The molecular weight excluding hydrogens is 298 g/mol. The fraction of sp³-hybridized carbons (Fsp3) is 0.667. The van der Waals surface area contributed by atoms with Crippen molar-refractivity contribution in [1.29, 1.82) is 0 Å². The molecule has 0 saturated heterocycles. The van der Waals surface area contributed by atoms with Crippen LogP contribution in [0.2, 0.25) is 0 Å². The van der Waals surface area contributed by atoms with Crippen LogP contribution < -0.4 is 5.32 Å². The molecule has 1 amide bonds. The highest BCUT2D eigenvalue weighted by Crippen LogP contribution is 2.47. The quantitative estimate of drug-likeness (QED) is 0.719. The van der Waals surface area contributed by atoms with E-state index in [2.05, 4.69) is 57.3 Å². The molecule has 1 aliphatic carbocycles. The summed E-state index contributed by atoms with van der Waals surface area (Å²) in [5, 5.41) is 3.20. The number of carbonyl (C=O) groups is 1. The zero-order valence-electron chi connectivity index (χ0n) is 15.6. The number of amides is 1. The fourth-order valence-electron chi connectivity index (χ4n) is 3.99. The van der Waals surface area contributed by atoms with Gasteiger partial charge in [-0.3, -0.25) is 0 Å². The molecule has 0 spiro atoms. The predicted octanol–water partition coefficient (Wildman–Crippen LogP) is 5.67. The van der Waals surface area contributed by atoms with Gasteiger partial charge in [0.05, 0.1) is 5.54 Å². The van der Waals surface area contributed by atoms with E-state index >= 15 is 0 Å². The Morgan fingerprint density at radius 3 is 2.29 bits per heavy atom. The number of hydrogen-bond donors (Lipinski definition) is 1. The van der Waals surface area contributed by atoms with Crippen molar-refractivity contribution in [2.45, 2.75) is 79.9 Å². The third-order valence-corrected chi connectivity index (χ3v) is 4.78. The minimum absolute atomic E-state index is 0. The number of fused-ring (bicyclic) bond motifs is 1. The molecule has 0 heterocycles. The zero-order chi connectivity index (χ0) is 17.5. The zero-order valence-corrected chi connectivity index (χ0v) is 15.6. The monoisotopic (exact) mass is 333 g/mol. The van der Waals surface area contributed by atoms with Crippen LogP contribution in [-0.4, -0.2) is 11.7 Å². The maximum Gasteiger partial charge on any atom is 0.408 e. The van der Waals surface area contributed by atoms with E-state index in [-0.39, 0.29) is 18.9 Å². The highest BCUT2D eigenvalue weighted by molar-refractivity contribution is 5.69. The number of nitrogens with one attached hydrogen (secondary N) is 1. The topological polar surface area (TPSA) is 38.3 Å². The van der Waals surface area contributed by atoms with Gasteiger partial charge in [0, 0.05) is 0 Å². The van der Waals surface area contributed by atoms with Gasteiger partial charge in [0.2, 0.25) is 0 Å². The summed E-state index contributed by atoms with van der Waals surface area (Å²) in [5.74, 6) is 0.345. The summed E-state index contributed by atoms with van der Waals surface area (Å²) >= 11 is 0. The van der Waals surface area contributed by atoms with Crippen molar-refractivity contribution in [1.82, 2.24) is 5.32 Å². The highest BCUT2D eigenvalue weighted by Gasteiger charge is 2.47. The van der Waals surface area contributed by atoms with E-state index in [1.807, 2.05) is 20.8 Å². The molecule has 0 saturated carbocycles. The molecule has 0 aliphatic heterocycles. The van der Waals surface area contributed by atoms with E-state index < -0.39 is 11.1 Å². The molecule has 2 atom stereocenters. The summed E-state index contributed by atoms with van der Waals surface area (Å²) in [6, 6.07) is 8.44. The first-order valence-corrected chi connectivity index (χ1v) is 8.53. The minimum atomic E-state index is -0.494.